The lowest BCUT2D eigenvalue weighted by Gasteiger charge is -2.07. The van der Waals surface area contributed by atoms with Gasteiger partial charge in [0.15, 0.2) is 0 Å². The van der Waals surface area contributed by atoms with Gasteiger partial charge >= 0.3 is 0 Å². The van der Waals surface area contributed by atoms with E-state index in [4.69, 9.17) is 4.74 Å². The number of hydrogen-bond donors (Lipinski definition) is 2. The van der Waals surface area contributed by atoms with Crippen LogP contribution >= 0.6 is 36.6 Å². The van der Waals surface area contributed by atoms with Gasteiger partial charge in [0.1, 0.15) is 5.03 Å². The Morgan fingerprint density at radius 3 is 2.48 bits per heavy atom. The number of halogens is 2. The number of carbonyl (C=O) groups excluding carboxylic acids is 1. The van der Waals surface area contributed by atoms with E-state index < -0.39 is 0 Å². The molecule has 5 nitrogen and oxygen atoms in total. The number of aromatic nitrogens is 1. The first kappa shape index (κ1) is 23.7. The Hall–Kier alpha value is -1.31. The van der Waals surface area contributed by atoms with Gasteiger partial charge in [-0.25, -0.2) is 4.98 Å². The molecule has 0 fully saturated rings. The van der Waals surface area contributed by atoms with Crippen LogP contribution in [0.5, 0.6) is 0 Å². The molecule has 0 aliphatic heterocycles. The van der Waals surface area contributed by atoms with Crippen LogP contribution in [0.2, 0.25) is 0 Å². The summed E-state index contributed by atoms with van der Waals surface area (Å²) in [6, 6.07) is 13.3. The molecule has 1 heterocycles. The molecule has 0 saturated heterocycles. The lowest BCUT2D eigenvalue weighted by molar-refractivity contribution is 0.0953. The average Bonchev–Trinajstić information content (AvgIpc) is 2.59. The Morgan fingerprint density at radius 2 is 1.84 bits per heavy atom. The van der Waals surface area contributed by atoms with Crippen molar-refractivity contribution in [2.45, 2.75) is 9.92 Å². The van der Waals surface area contributed by atoms with Crippen LogP contribution in [0.4, 0.5) is 0 Å². The van der Waals surface area contributed by atoms with Gasteiger partial charge < -0.3 is 15.4 Å². The molecular formula is C17H23Cl2N3O2S. The monoisotopic (exact) mass is 403 g/mol. The van der Waals surface area contributed by atoms with Crippen LogP contribution in [0.15, 0.2) is 58.6 Å². The third-order valence-electron chi connectivity index (χ3n) is 3.05. The van der Waals surface area contributed by atoms with Crippen molar-refractivity contribution < 1.29 is 9.53 Å². The lowest BCUT2D eigenvalue weighted by atomic mass is 10.2. The summed E-state index contributed by atoms with van der Waals surface area (Å²) in [7, 11) is 1.67. The number of carbonyl (C=O) groups is 1. The van der Waals surface area contributed by atoms with Gasteiger partial charge in [0.2, 0.25) is 0 Å². The Balaban J connectivity index is 0.00000288. The molecule has 0 atom stereocenters. The van der Waals surface area contributed by atoms with E-state index in [1.807, 2.05) is 42.5 Å². The van der Waals surface area contributed by atoms with Gasteiger partial charge in [-0.3, -0.25) is 4.79 Å². The van der Waals surface area contributed by atoms with E-state index >= 15 is 0 Å². The summed E-state index contributed by atoms with van der Waals surface area (Å²) in [6.07, 6.45) is 1.77. The zero-order valence-electron chi connectivity index (χ0n) is 13.9. The maximum atomic E-state index is 12.0. The van der Waals surface area contributed by atoms with E-state index in [0.717, 1.165) is 23.0 Å². The number of nitrogens with one attached hydrogen (secondary N) is 2. The third-order valence-corrected chi connectivity index (χ3v) is 4.01. The van der Waals surface area contributed by atoms with E-state index in [9.17, 15) is 4.79 Å². The van der Waals surface area contributed by atoms with Gasteiger partial charge in [-0.2, -0.15) is 0 Å². The molecule has 8 heteroatoms. The molecule has 25 heavy (non-hydrogen) atoms. The summed E-state index contributed by atoms with van der Waals surface area (Å²) in [5.41, 5.74) is 0.660. The van der Waals surface area contributed by atoms with Gasteiger partial charge in [0.25, 0.3) is 5.91 Å². The van der Waals surface area contributed by atoms with E-state index in [2.05, 4.69) is 15.6 Å². The minimum atomic E-state index is -0.0621. The fourth-order valence-corrected chi connectivity index (χ4v) is 2.64. The quantitative estimate of drug-likeness (QED) is 0.629. The summed E-state index contributed by atoms with van der Waals surface area (Å²) in [6.45, 7) is 2.77. The predicted octanol–water partition coefficient (Wildman–Crippen LogP) is 3.04. The van der Waals surface area contributed by atoms with Crippen LogP contribution in [-0.2, 0) is 4.74 Å². The summed E-state index contributed by atoms with van der Waals surface area (Å²) >= 11 is 1.57. The summed E-state index contributed by atoms with van der Waals surface area (Å²) < 4.78 is 4.94. The Labute approximate surface area is 165 Å². The first-order chi connectivity index (χ1) is 11.3. The SMILES string of the molecule is COCCNCCNC(=O)c1ccc(Sc2ccccn2)cc1.Cl.Cl. The second-order valence-corrected chi connectivity index (χ2v) is 5.89. The molecule has 0 bridgehead atoms. The first-order valence-electron chi connectivity index (χ1n) is 7.46. The highest BCUT2D eigenvalue weighted by Crippen LogP contribution is 2.25. The molecule has 0 aliphatic carbocycles. The topological polar surface area (TPSA) is 63.2 Å². The molecule has 1 amide bonds. The van der Waals surface area contributed by atoms with Crippen molar-refractivity contribution in [3.05, 3.63) is 54.2 Å². The normalized spacial score (nSPS) is 9.64. The van der Waals surface area contributed by atoms with Crippen molar-refractivity contribution in [1.29, 1.82) is 0 Å². The zero-order valence-corrected chi connectivity index (χ0v) is 16.4. The van der Waals surface area contributed by atoms with Crippen molar-refractivity contribution in [3.63, 3.8) is 0 Å². The molecular weight excluding hydrogens is 381 g/mol. The fraction of sp³-hybridized carbons (Fsp3) is 0.294. The molecule has 0 spiro atoms. The van der Waals surface area contributed by atoms with E-state index in [1.54, 1.807) is 25.1 Å². The minimum absolute atomic E-state index is 0. The number of hydrogen-bond acceptors (Lipinski definition) is 5. The molecule has 138 valence electrons. The van der Waals surface area contributed by atoms with E-state index in [-0.39, 0.29) is 30.7 Å². The smallest absolute Gasteiger partial charge is 0.251 e. The van der Waals surface area contributed by atoms with Crippen LogP contribution in [0, 0.1) is 0 Å². The lowest BCUT2D eigenvalue weighted by Crippen LogP contribution is -2.33. The molecule has 1 aromatic heterocycles. The van der Waals surface area contributed by atoms with Crippen LogP contribution < -0.4 is 10.6 Å². The number of ether oxygens (including phenoxy) is 1. The predicted molar refractivity (Wildman–Crippen MR) is 106 cm³/mol. The van der Waals surface area contributed by atoms with Gasteiger partial charge in [-0.15, -0.1) is 24.8 Å². The Bertz CT molecular complexity index is 601. The van der Waals surface area contributed by atoms with Crippen molar-refractivity contribution in [1.82, 2.24) is 15.6 Å². The number of pyridine rings is 1. The van der Waals surface area contributed by atoms with Gasteiger partial charge in [0, 0.05) is 43.4 Å². The summed E-state index contributed by atoms with van der Waals surface area (Å²) in [5.74, 6) is -0.0621. The molecule has 2 rings (SSSR count). The molecule has 1 aromatic carbocycles. The largest absolute Gasteiger partial charge is 0.383 e. The van der Waals surface area contributed by atoms with Crippen molar-refractivity contribution >= 4 is 42.5 Å². The van der Waals surface area contributed by atoms with Gasteiger partial charge in [-0.05, 0) is 36.4 Å². The molecule has 0 aliphatic rings. The molecule has 0 unspecified atom stereocenters. The van der Waals surface area contributed by atoms with E-state index in [1.165, 1.54) is 0 Å². The second-order valence-electron chi connectivity index (χ2n) is 4.79. The average molecular weight is 404 g/mol. The number of rotatable bonds is 9. The summed E-state index contributed by atoms with van der Waals surface area (Å²) in [4.78, 5) is 17.3. The van der Waals surface area contributed by atoms with Gasteiger partial charge in [0.05, 0.1) is 6.61 Å². The number of amides is 1. The minimum Gasteiger partial charge on any atom is -0.383 e. The maximum absolute atomic E-state index is 12.0. The van der Waals surface area contributed by atoms with Crippen molar-refractivity contribution in [2.24, 2.45) is 0 Å². The van der Waals surface area contributed by atoms with Crippen LogP contribution in [0.25, 0.3) is 0 Å². The Morgan fingerprint density at radius 1 is 1.08 bits per heavy atom. The molecule has 0 saturated carbocycles. The highest BCUT2D eigenvalue weighted by Gasteiger charge is 2.05. The summed E-state index contributed by atoms with van der Waals surface area (Å²) in [5, 5.41) is 7.00. The highest BCUT2D eigenvalue weighted by atomic mass is 35.5. The van der Waals surface area contributed by atoms with Gasteiger partial charge in [-0.1, -0.05) is 17.8 Å². The number of benzene rings is 1. The maximum Gasteiger partial charge on any atom is 0.251 e. The second kappa shape index (κ2) is 13.9. The number of nitrogens with zero attached hydrogens (tertiary/aromatic N) is 1. The first-order valence-corrected chi connectivity index (χ1v) is 8.28. The Kier molecular flexibility index (Phi) is 13.2. The fourth-order valence-electron chi connectivity index (χ4n) is 1.87. The third kappa shape index (κ3) is 9.09. The number of methoxy groups -OCH3 is 1. The van der Waals surface area contributed by atoms with Crippen molar-refractivity contribution in [2.75, 3.05) is 33.4 Å². The van der Waals surface area contributed by atoms with Crippen molar-refractivity contribution in [3.8, 4) is 0 Å². The standard InChI is InChI=1S/C17H21N3O2S.2ClH/c1-22-13-12-18-10-11-20-17(21)14-5-7-15(8-6-14)23-16-4-2-3-9-19-16;;/h2-9,18H,10-13H2,1H3,(H,20,21);2*1H. The van der Waals surface area contributed by atoms with Crippen LogP contribution in [-0.4, -0.2) is 44.2 Å². The molecule has 2 aromatic rings. The highest BCUT2D eigenvalue weighted by molar-refractivity contribution is 7.99. The molecule has 2 N–H and O–H groups in total. The zero-order chi connectivity index (χ0) is 16.3. The van der Waals surface area contributed by atoms with Crippen LogP contribution in [0.3, 0.4) is 0 Å². The van der Waals surface area contributed by atoms with E-state index in [0.29, 0.717) is 18.7 Å². The van der Waals surface area contributed by atoms with Crippen LogP contribution in [0.1, 0.15) is 10.4 Å². The molecule has 0 radical (unpaired) electrons.